The third-order valence-electron chi connectivity index (χ3n) is 7.16. The Morgan fingerprint density at radius 3 is 2.72 bits per heavy atom. The number of likely N-dealkylation sites (tertiary alicyclic amines) is 1. The second-order valence-electron chi connectivity index (χ2n) is 8.52. The lowest BCUT2D eigenvalue weighted by atomic mass is 9.51. The van der Waals surface area contributed by atoms with Crippen LogP contribution in [0, 0.1) is 5.92 Å². The van der Waals surface area contributed by atoms with Crippen LogP contribution in [0.4, 0.5) is 0 Å². The number of carbonyl (C=O) groups excluding carboxylic acids is 1. The van der Waals surface area contributed by atoms with Gasteiger partial charge < -0.3 is 19.1 Å². The summed E-state index contributed by atoms with van der Waals surface area (Å²) in [6, 6.07) is 4.25. The van der Waals surface area contributed by atoms with Gasteiger partial charge in [-0.2, -0.15) is 0 Å². The number of likely N-dealkylation sites (N-methyl/N-ethyl adjacent to an activating group) is 1. The molecule has 4 rings (SSSR count). The largest absolute Gasteiger partial charge is 0.870 e. The fourth-order valence-electron chi connectivity index (χ4n) is 5.81. The molecule has 0 radical (unpaired) electrons. The number of quaternary nitrogens is 1. The molecule has 1 saturated heterocycles. The SMILES string of the molecule is COc1ccc2c(c1[O-])[C@]13CC[N+](C)(C)[C@H](C2)[C@H]1CC(OC)C(=O)C3. The third kappa shape index (κ3) is 2.18. The molecule has 2 aliphatic carbocycles. The molecular formula is C20H27NO4. The first-order chi connectivity index (χ1) is 11.8. The van der Waals surface area contributed by atoms with Crippen molar-refractivity contribution >= 4 is 5.78 Å². The summed E-state index contributed by atoms with van der Waals surface area (Å²) in [5, 5.41) is 13.1. The molecule has 136 valence electrons. The normalized spacial score (nSPS) is 35.7. The van der Waals surface area contributed by atoms with E-state index in [1.807, 2.05) is 6.07 Å². The molecule has 1 saturated carbocycles. The molecule has 1 heterocycles. The topological polar surface area (TPSA) is 58.6 Å². The number of ether oxygens (including phenoxy) is 2. The monoisotopic (exact) mass is 345 g/mol. The van der Waals surface area contributed by atoms with Gasteiger partial charge in [0.15, 0.2) is 5.78 Å². The zero-order valence-corrected chi connectivity index (χ0v) is 15.5. The van der Waals surface area contributed by atoms with E-state index in [2.05, 4.69) is 14.1 Å². The first kappa shape index (κ1) is 16.9. The Morgan fingerprint density at radius 1 is 1.28 bits per heavy atom. The summed E-state index contributed by atoms with van der Waals surface area (Å²) < 4.78 is 11.7. The van der Waals surface area contributed by atoms with Gasteiger partial charge >= 0.3 is 0 Å². The third-order valence-corrected chi connectivity index (χ3v) is 7.16. The molecule has 1 aromatic rings. The van der Waals surface area contributed by atoms with Gasteiger partial charge in [0, 0.05) is 37.7 Å². The zero-order chi connectivity index (χ0) is 18.0. The van der Waals surface area contributed by atoms with Crippen LogP contribution in [0.15, 0.2) is 12.1 Å². The highest BCUT2D eigenvalue weighted by molar-refractivity contribution is 5.86. The van der Waals surface area contributed by atoms with Gasteiger partial charge in [0.1, 0.15) is 11.9 Å². The van der Waals surface area contributed by atoms with Gasteiger partial charge in [0.05, 0.1) is 33.8 Å². The number of hydrogen-bond donors (Lipinski definition) is 0. The van der Waals surface area contributed by atoms with E-state index >= 15 is 0 Å². The van der Waals surface area contributed by atoms with Crippen molar-refractivity contribution in [1.82, 2.24) is 0 Å². The highest BCUT2D eigenvalue weighted by atomic mass is 16.5. The van der Waals surface area contributed by atoms with E-state index in [0.717, 1.165) is 41.4 Å². The summed E-state index contributed by atoms with van der Waals surface area (Å²) in [4.78, 5) is 12.7. The van der Waals surface area contributed by atoms with Crippen molar-refractivity contribution in [2.75, 3.05) is 34.9 Å². The van der Waals surface area contributed by atoms with Crippen LogP contribution in [0.3, 0.4) is 0 Å². The fraction of sp³-hybridized carbons (Fsp3) is 0.650. The molecule has 25 heavy (non-hydrogen) atoms. The van der Waals surface area contributed by atoms with Gasteiger partial charge in [-0.25, -0.2) is 0 Å². The number of carbonyl (C=O) groups is 1. The smallest absolute Gasteiger partial charge is 0.162 e. The first-order valence-electron chi connectivity index (χ1n) is 9.09. The number of nitrogens with zero attached hydrogens (tertiary/aromatic N) is 1. The Kier molecular flexibility index (Phi) is 3.68. The van der Waals surface area contributed by atoms with E-state index in [0.29, 0.717) is 24.1 Å². The number of hydrogen-bond acceptors (Lipinski definition) is 4. The van der Waals surface area contributed by atoms with E-state index in [9.17, 15) is 9.90 Å². The lowest BCUT2D eigenvalue weighted by molar-refractivity contribution is -0.927. The van der Waals surface area contributed by atoms with E-state index < -0.39 is 0 Å². The van der Waals surface area contributed by atoms with Gasteiger partial charge in [-0.1, -0.05) is 11.8 Å². The van der Waals surface area contributed by atoms with Crippen molar-refractivity contribution in [3.05, 3.63) is 23.3 Å². The standard InChI is InChI=1S/C20H27NO4/c1-21(2)8-7-20-11-15(22)17(25-4)10-13(20)14(21)9-12-5-6-16(24-3)19(23)18(12)20/h5-6,13-14,17H,7-11H2,1-4H3/t13-,14-,17?,20+/m1/s1. The van der Waals surface area contributed by atoms with E-state index in [1.165, 1.54) is 7.11 Å². The molecule has 0 spiro atoms. The highest BCUT2D eigenvalue weighted by Crippen LogP contribution is 2.59. The van der Waals surface area contributed by atoms with Crippen molar-refractivity contribution in [1.29, 1.82) is 0 Å². The maximum Gasteiger partial charge on any atom is 0.162 e. The van der Waals surface area contributed by atoms with Gasteiger partial charge in [-0.3, -0.25) is 4.79 Å². The molecule has 2 fully saturated rings. The zero-order valence-electron chi connectivity index (χ0n) is 15.5. The van der Waals surface area contributed by atoms with Crippen molar-refractivity contribution in [2.45, 2.75) is 43.2 Å². The summed E-state index contributed by atoms with van der Waals surface area (Å²) in [5.41, 5.74) is 1.63. The Bertz CT molecular complexity index is 729. The molecule has 1 aliphatic heterocycles. The van der Waals surface area contributed by atoms with Crippen molar-refractivity contribution in [2.24, 2.45) is 5.92 Å². The molecule has 0 aromatic heterocycles. The second kappa shape index (κ2) is 5.45. The second-order valence-corrected chi connectivity index (χ2v) is 8.52. The fourth-order valence-corrected chi connectivity index (χ4v) is 5.81. The minimum atomic E-state index is -0.343. The lowest BCUT2D eigenvalue weighted by Crippen LogP contribution is -2.69. The highest BCUT2D eigenvalue weighted by Gasteiger charge is 2.61. The predicted molar refractivity (Wildman–Crippen MR) is 91.7 cm³/mol. The van der Waals surface area contributed by atoms with Crippen LogP contribution in [0.1, 0.15) is 30.4 Å². The maximum atomic E-state index is 13.1. The molecule has 0 amide bonds. The summed E-state index contributed by atoms with van der Waals surface area (Å²) in [5.74, 6) is 0.816. The van der Waals surface area contributed by atoms with Gasteiger partial charge in [0.2, 0.25) is 0 Å². The number of ketones is 1. The van der Waals surface area contributed by atoms with E-state index in [-0.39, 0.29) is 23.1 Å². The average Bonchev–Trinajstić information content (AvgIpc) is 2.58. The molecule has 3 aliphatic rings. The van der Waals surface area contributed by atoms with E-state index in [1.54, 1.807) is 13.2 Å². The van der Waals surface area contributed by atoms with Crippen LogP contribution < -0.4 is 9.84 Å². The Morgan fingerprint density at radius 2 is 2.04 bits per heavy atom. The van der Waals surface area contributed by atoms with Crippen LogP contribution in [-0.2, 0) is 21.4 Å². The summed E-state index contributed by atoms with van der Waals surface area (Å²) in [7, 11) is 7.71. The predicted octanol–water partition coefficient (Wildman–Crippen LogP) is 1.41. The van der Waals surface area contributed by atoms with Crippen molar-refractivity contribution in [3.8, 4) is 11.5 Å². The van der Waals surface area contributed by atoms with Crippen molar-refractivity contribution < 1.29 is 23.9 Å². The van der Waals surface area contributed by atoms with Crippen molar-refractivity contribution in [3.63, 3.8) is 0 Å². The summed E-state index contributed by atoms with van der Waals surface area (Å²) in [6.45, 7) is 0.988. The number of piperidine rings is 1. The van der Waals surface area contributed by atoms with Gasteiger partial charge in [0.25, 0.3) is 0 Å². The summed E-state index contributed by atoms with van der Waals surface area (Å²) >= 11 is 0. The van der Waals surface area contributed by atoms with Crippen LogP contribution >= 0.6 is 0 Å². The number of methoxy groups -OCH3 is 2. The molecule has 5 nitrogen and oxygen atoms in total. The number of benzene rings is 1. The Labute approximate surface area is 149 Å². The molecule has 5 heteroatoms. The number of Topliss-reactive ketones (excluding diaryl/α,β-unsaturated/α-hetero) is 1. The lowest BCUT2D eigenvalue weighted by Gasteiger charge is -2.61. The molecule has 1 aromatic carbocycles. The molecule has 0 N–H and O–H groups in total. The molecule has 2 bridgehead atoms. The summed E-state index contributed by atoms with van der Waals surface area (Å²) in [6.07, 6.45) is 2.57. The number of fused-ring (bicyclic) bond motifs is 1. The minimum Gasteiger partial charge on any atom is -0.870 e. The molecule has 1 unspecified atom stereocenters. The Hall–Kier alpha value is -1.59. The maximum absolute atomic E-state index is 13.1. The molecule has 4 atom stereocenters. The van der Waals surface area contributed by atoms with Gasteiger partial charge in [-0.05, 0) is 23.6 Å². The van der Waals surface area contributed by atoms with Crippen LogP contribution in [-0.4, -0.2) is 57.3 Å². The minimum absolute atomic E-state index is 0.0145. The Balaban J connectivity index is 1.93. The molecular weight excluding hydrogens is 318 g/mol. The van der Waals surface area contributed by atoms with Crippen LogP contribution in [0.2, 0.25) is 0 Å². The van der Waals surface area contributed by atoms with E-state index in [4.69, 9.17) is 9.47 Å². The number of rotatable bonds is 2. The van der Waals surface area contributed by atoms with Gasteiger partial charge in [-0.15, -0.1) is 0 Å². The first-order valence-corrected chi connectivity index (χ1v) is 9.09. The average molecular weight is 345 g/mol. The van der Waals surface area contributed by atoms with Crippen LogP contribution in [0.5, 0.6) is 11.5 Å². The quantitative estimate of drug-likeness (QED) is 0.761. The van der Waals surface area contributed by atoms with Crippen LogP contribution in [0.25, 0.3) is 0 Å².